The highest BCUT2D eigenvalue weighted by atomic mass is 35.5. The average Bonchev–Trinajstić information content (AvgIpc) is 2.71. The van der Waals surface area contributed by atoms with Gasteiger partial charge in [-0.1, -0.05) is 36.0 Å². The Balaban J connectivity index is 2.04. The standard InChI is InChI=1S/C13H18Cl2N2/c1-13(4-2-3-5-13)17-8-9-6-10(14)12(16)11(15)7-9/h6-7,17H,2-5,8,16H2,1H3. The van der Waals surface area contributed by atoms with Gasteiger partial charge in [-0.15, -0.1) is 0 Å². The predicted molar refractivity (Wildman–Crippen MR) is 74.6 cm³/mol. The predicted octanol–water partition coefficient (Wildman–Crippen LogP) is 4.00. The van der Waals surface area contributed by atoms with Gasteiger partial charge in [-0.3, -0.25) is 0 Å². The van der Waals surface area contributed by atoms with Gasteiger partial charge in [-0.25, -0.2) is 0 Å². The molecule has 0 atom stereocenters. The summed E-state index contributed by atoms with van der Waals surface area (Å²) in [5, 5.41) is 4.66. The minimum absolute atomic E-state index is 0.264. The topological polar surface area (TPSA) is 38.0 Å². The highest BCUT2D eigenvalue weighted by Crippen LogP contribution is 2.31. The molecular weight excluding hydrogens is 255 g/mol. The molecule has 17 heavy (non-hydrogen) atoms. The molecule has 1 saturated carbocycles. The molecule has 1 aromatic rings. The zero-order valence-corrected chi connectivity index (χ0v) is 11.5. The molecule has 94 valence electrons. The lowest BCUT2D eigenvalue weighted by atomic mass is 10.0. The molecule has 0 amide bonds. The monoisotopic (exact) mass is 272 g/mol. The number of nitrogens with one attached hydrogen (secondary N) is 1. The van der Waals surface area contributed by atoms with Crippen LogP contribution in [0.2, 0.25) is 10.0 Å². The van der Waals surface area contributed by atoms with E-state index in [2.05, 4.69) is 12.2 Å². The smallest absolute Gasteiger partial charge is 0.0693 e. The van der Waals surface area contributed by atoms with Crippen molar-refractivity contribution >= 4 is 28.9 Å². The second-order valence-corrected chi connectivity index (χ2v) is 5.91. The van der Waals surface area contributed by atoms with Gasteiger partial charge >= 0.3 is 0 Å². The van der Waals surface area contributed by atoms with Crippen molar-refractivity contribution in [2.24, 2.45) is 0 Å². The number of nitrogens with two attached hydrogens (primary N) is 1. The van der Waals surface area contributed by atoms with Gasteiger partial charge in [0.1, 0.15) is 0 Å². The van der Waals surface area contributed by atoms with E-state index in [-0.39, 0.29) is 5.54 Å². The summed E-state index contributed by atoms with van der Waals surface area (Å²) >= 11 is 12.0. The van der Waals surface area contributed by atoms with Crippen LogP contribution in [-0.4, -0.2) is 5.54 Å². The Labute approximate surface area is 112 Å². The van der Waals surface area contributed by atoms with Crippen molar-refractivity contribution < 1.29 is 0 Å². The van der Waals surface area contributed by atoms with E-state index in [9.17, 15) is 0 Å². The van der Waals surface area contributed by atoms with Crippen LogP contribution in [0.3, 0.4) is 0 Å². The molecular formula is C13H18Cl2N2. The molecule has 2 rings (SSSR count). The summed E-state index contributed by atoms with van der Waals surface area (Å²) in [6.07, 6.45) is 5.10. The molecule has 1 aliphatic rings. The Bertz CT molecular complexity index is 389. The number of benzene rings is 1. The van der Waals surface area contributed by atoms with Crippen LogP contribution in [0.4, 0.5) is 5.69 Å². The Morgan fingerprint density at radius 3 is 2.29 bits per heavy atom. The van der Waals surface area contributed by atoms with Crippen molar-refractivity contribution in [3.05, 3.63) is 27.7 Å². The summed E-state index contributed by atoms with van der Waals surface area (Å²) in [5.74, 6) is 0. The molecule has 1 aliphatic carbocycles. The fourth-order valence-electron chi connectivity index (χ4n) is 2.39. The maximum absolute atomic E-state index is 6.01. The zero-order valence-electron chi connectivity index (χ0n) is 10.0. The summed E-state index contributed by atoms with van der Waals surface area (Å²) in [5.41, 5.74) is 7.52. The quantitative estimate of drug-likeness (QED) is 0.817. The second kappa shape index (κ2) is 5.05. The van der Waals surface area contributed by atoms with Crippen LogP contribution < -0.4 is 11.1 Å². The Kier molecular flexibility index (Phi) is 3.86. The van der Waals surface area contributed by atoms with Crippen LogP contribution >= 0.6 is 23.2 Å². The highest BCUT2D eigenvalue weighted by molar-refractivity contribution is 6.38. The molecule has 0 saturated heterocycles. The van der Waals surface area contributed by atoms with Gasteiger partial charge in [0.15, 0.2) is 0 Å². The Morgan fingerprint density at radius 2 is 1.76 bits per heavy atom. The third-order valence-electron chi connectivity index (χ3n) is 3.57. The van der Waals surface area contributed by atoms with Gasteiger partial charge in [0.2, 0.25) is 0 Å². The van der Waals surface area contributed by atoms with Gasteiger partial charge in [-0.2, -0.15) is 0 Å². The fourth-order valence-corrected chi connectivity index (χ4v) is 2.92. The van der Waals surface area contributed by atoms with E-state index in [4.69, 9.17) is 28.9 Å². The van der Waals surface area contributed by atoms with E-state index in [1.54, 1.807) is 0 Å². The van der Waals surface area contributed by atoms with E-state index in [0.29, 0.717) is 15.7 Å². The van der Waals surface area contributed by atoms with Gasteiger partial charge in [-0.05, 0) is 37.5 Å². The molecule has 0 unspecified atom stereocenters. The molecule has 0 aromatic heterocycles. The summed E-state index contributed by atoms with van der Waals surface area (Å²) in [7, 11) is 0. The SMILES string of the molecule is CC1(NCc2cc(Cl)c(N)c(Cl)c2)CCCC1. The van der Waals surface area contributed by atoms with E-state index < -0.39 is 0 Å². The highest BCUT2D eigenvalue weighted by Gasteiger charge is 2.27. The molecule has 0 spiro atoms. The molecule has 3 N–H and O–H groups in total. The number of halogens is 2. The second-order valence-electron chi connectivity index (χ2n) is 5.09. The minimum Gasteiger partial charge on any atom is -0.396 e. The fraction of sp³-hybridized carbons (Fsp3) is 0.538. The van der Waals surface area contributed by atoms with E-state index in [0.717, 1.165) is 12.1 Å². The number of anilines is 1. The third-order valence-corrected chi connectivity index (χ3v) is 4.19. The third kappa shape index (κ3) is 3.06. The lowest BCUT2D eigenvalue weighted by Crippen LogP contribution is -2.38. The largest absolute Gasteiger partial charge is 0.396 e. The molecule has 0 heterocycles. The first kappa shape index (κ1) is 13.0. The summed E-state index contributed by atoms with van der Waals surface area (Å²) in [6.45, 7) is 3.07. The van der Waals surface area contributed by atoms with Crippen LogP contribution in [0.1, 0.15) is 38.2 Å². The number of hydrogen-bond donors (Lipinski definition) is 2. The van der Waals surface area contributed by atoms with Gasteiger partial charge in [0.05, 0.1) is 15.7 Å². The van der Waals surface area contributed by atoms with Crippen LogP contribution in [0.25, 0.3) is 0 Å². The lowest BCUT2D eigenvalue weighted by Gasteiger charge is -2.25. The summed E-state index contributed by atoms with van der Waals surface area (Å²) in [6, 6.07) is 3.77. The van der Waals surface area contributed by atoms with Crippen molar-refractivity contribution in [2.45, 2.75) is 44.7 Å². The molecule has 1 fully saturated rings. The van der Waals surface area contributed by atoms with Crippen LogP contribution in [-0.2, 0) is 6.54 Å². The maximum atomic E-state index is 6.01. The van der Waals surface area contributed by atoms with Crippen molar-refractivity contribution in [1.82, 2.24) is 5.32 Å². The normalized spacial score (nSPS) is 18.5. The first-order valence-electron chi connectivity index (χ1n) is 5.99. The lowest BCUT2D eigenvalue weighted by molar-refractivity contribution is 0.363. The molecule has 0 bridgehead atoms. The molecule has 2 nitrogen and oxygen atoms in total. The summed E-state index contributed by atoms with van der Waals surface area (Å²) in [4.78, 5) is 0. The van der Waals surface area contributed by atoms with E-state index >= 15 is 0 Å². The van der Waals surface area contributed by atoms with Gasteiger partial charge < -0.3 is 11.1 Å². The molecule has 1 aromatic carbocycles. The van der Waals surface area contributed by atoms with E-state index in [1.807, 2.05) is 12.1 Å². The van der Waals surface area contributed by atoms with Crippen molar-refractivity contribution in [3.8, 4) is 0 Å². The minimum atomic E-state index is 0.264. The van der Waals surface area contributed by atoms with Crippen molar-refractivity contribution in [3.63, 3.8) is 0 Å². The number of rotatable bonds is 3. The number of nitrogen functional groups attached to an aromatic ring is 1. The molecule has 4 heteroatoms. The Morgan fingerprint density at radius 1 is 1.24 bits per heavy atom. The van der Waals surface area contributed by atoms with Crippen molar-refractivity contribution in [2.75, 3.05) is 5.73 Å². The van der Waals surface area contributed by atoms with E-state index in [1.165, 1.54) is 25.7 Å². The number of hydrogen-bond acceptors (Lipinski definition) is 2. The molecule has 0 aliphatic heterocycles. The Hall–Kier alpha value is -0.440. The van der Waals surface area contributed by atoms with Crippen LogP contribution in [0.5, 0.6) is 0 Å². The van der Waals surface area contributed by atoms with Crippen LogP contribution in [0, 0.1) is 0 Å². The maximum Gasteiger partial charge on any atom is 0.0693 e. The summed E-state index contributed by atoms with van der Waals surface area (Å²) < 4.78 is 0. The first-order chi connectivity index (χ1) is 8.00. The van der Waals surface area contributed by atoms with Crippen molar-refractivity contribution in [1.29, 1.82) is 0 Å². The van der Waals surface area contributed by atoms with Crippen LogP contribution in [0.15, 0.2) is 12.1 Å². The average molecular weight is 273 g/mol. The molecule has 0 radical (unpaired) electrons. The van der Waals surface area contributed by atoms with Gasteiger partial charge in [0, 0.05) is 12.1 Å². The first-order valence-corrected chi connectivity index (χ1v) is 6.74. The zero-order chi connectivity index (χ0) is 12.5. The van der Waals surface area contributed by atoms with Gasteiger partial charge in [0.25, 0.3) is 0 Å².